The molecule has 31 heavy (non-hydrogen) atoms. The molecule has 0 fully saturated rings. The number of hydrogen-bond acceptors (Lipinski definition) is 6. The number of halogens is 1. The van der Waals surface area contributed by atoms with E-state index < -0.39 is 23.6 Å². The molecule has 174 valence electrons. The Bertz CT molecular complexity index is 776. The molecule has 0 saturated carbocycles. The summed E-state index contributed by atoms with van der Waals surface area (Å²) in [5.41, 5.74) is 6.39. The average molecular weight is 457 g/mol. The maximum absolute atomic E-state index is 12.1. The summed E-state index contributed by atoms with van der Waals surface area (Å²) in [6.45, 7) is 7.27. The molecule has 0 aromatic heterocycles. The van der Waals surface area contributed by atoms with Crippen LogP contribution in [0.25, 0.3) is 0 Å². The Labute approximate surface area is 188 Å². The van der Waals surface area contributed by atoms with Gasteiger partial charge in [-0.1, -0.05) is 17.7 Å². The van der Waals surface area contributed by atoms with Crippen LogP contribution in [0.4, 0.5) is 4.79 Å². The zero-order valence-electron chi connectivity index (χ0n) is 18.9. The van der Waals surface area contributed by atoms with Crippen molar-refractivity contribution in [3.05, 3.63) is 28.3 Å². The Kier molecular flexibility index (Phi) is 10.6. The minimum absolute atomic E-state index is 0.0807. The second kappa shape index (κ2) is 12.4. The first-order valence-electron chi connectivity index (χ1n) is 10.2. The van der Waals surface area contributed by atoms with Gasteiger partial charge in [0.1, 0.15) is 18.0 Å². The number of ether oxygens (including phenoxy) is 3. The van der Waals surface area contributed by atoms with Crippen LogP contribution in [0.15, 0.2) is 12.1 Å². The number of aryl methyl sites for hydroxylation is 2. The van der Waals surface area contributed by atoms with E-state index in [1.54, 1.807) is 26.8 Å². The van der Waals surface area contributed by atoms with Gasteiger partial charge in [0.05, 0.1) is 18.2 Å². The first-order valence-corrected chi connectivity index (χ1v) is 10.6. The lowest BCUT2D eigenvalue weighted by atomic mass is 10.0. The van der Waals surface area contributed by atoms with Gasteiger partial charge in [-0.25, -0.2) is 4.79 Å². The number of esters is 1. The third-order valence-electron chi connectivity index (χ3n) is 4.21. The van der Waals surface area contributed by atoms with Crippen molar-refractivity contribution < 1.29 is 28.6 Å². The number of rotatable bonds is 11. The molecule has 9 heteroatoms. The van der Waals surface area contributed by atoms with Gasteiger partial charge < -0.3 is 25.3 Å². The summed E-state index contributed by atoms with van der Waals surface area (Å²) < 4.78 is 15.8. The molecule has 0 saturated heterocycles. The molecule has 0 aliphatic carbocycles. The number of nitrogens with two attached hydrogens (primary N) is 1. The molecular formula is C22H33ClN2O6. The first-order chi connectivity index (χ1) is 14.4. The monoisotopic (exact) mass is 456 g/mol. The molecular weight excluding hydrogens is 424 g/mol. The summed E-state index contributed by atoms with van der Waals surface area (Å²) in [5, 5.41) is 3.16. The van der Waals surface area contributed by atoms with Crippen molar-refractivity contribution in [2.75, 3.05) is 13.7 Å². The minimum atomic E-state index is -0.655. The van der Waals surface area contributed by atoms with Crippen LogP contribution in [-0.2, 0) is 25.5 Å². The van der Waals surface area contributed by atoms with Crippen LogP contribution in [0.2, 0.25) is 5.02 Å². The van der Waals surface area contributed by atoms with Gasteiger partial charge in [0.2, 0.25) is 5.91 Å². The number of nitrogens with one attached hydrogen (secondary N) is 1. The van der Waals surface area contributed by atoms with Crippen LogP contribution in [0.3, 0.4) is 0 Å². The van der Waals surface area contributed by atoms with Gasteiger partial charge in [0, 0.05) is 12.8 Å². The number of carbonyl (C=O) groups excluding carboxylic acids is 3. The van der Waals surface area contributed by atoms with Crippen molar-refractivity contribution in [3.63, 3.8) is 0 Å². The molecule has 0 heterocycles. The summed E-state index contributed by atoms with van der Waals surface area (Å²) in [6, 6.07) is 3.24. The predicted octanol–water partition coefficient (Wildman–Crippen LogP) is 3.68. The number of amides is 2. The van der Waals surface area contributed by atoms with E-state index in [4.69, 9.17) is 26.8 Å². The number of hydrogen-bond donors (Lipinski definition) is 2. The molecule has 1 rings (SSSR count). The first kappa shape index (κ1) is 26.6. The Morgan fingerprint density at radius 1 is 1.19 bits per heavy atom. The quantitative estimate of drug-likeness (QED) is 0.490. The van der Waals surface area contributed by atoms with Crippen LogP contribution in [0.1, 0.15) is 57.6 Å². The van der Waals surface area contributed by atoms with E-state index in [0.717, 1.165) is 11.1 Å². The van der Waals surface area contributed by atoms with Gasteiger partial charge >= 0.3 is 12.1 Å². The molecule has 8 nitrogen and oxygen atoms in total. The van der Waals surface area contributed by atoms with E-state index >= 15 is 0 Å². The molecule has 0 radical (unpaired) electrons. The fourth-order valence-electron chi connectivity index (χ4n) is 2.80. The van der Waals surface area contributed by atoms with Crippen molar-refractivity contribution in [2.45, 2.75) is 71.4 Å². The molecule has 3 N–H and O–H groups in total. The number of benzene rings is 1. The molecule has 1 atom stereocenters. The largest absolute Gasteiger partial charge is 0.490 e. The molecule has 0 spiro atoms. The van der Waals surface area contributed by atoms with Gasteiger partial charge in [-0.05, 0) is 64.2 Å². The van der Waals surface area contributed by atoms with E-state index in [1.165, 1.54) is 7.11 Å². The fraction of sp³-hybridized carbons (Fsp3) is 0.591. The van der Waals surface area contributed by atoms with Crippen molar-refractivity contribution in [2.24, 2.45) is 5.73 Å². The summed E-state index contributed by atoms with van der Waals surface area (Å²) in [5.74, 6) is -0.284. The molecule has 0 bridgehead atoms. The van der Waals surface area contributed by atoms with Crippen molar-refractivity contribution in [3.8, 4) is 5.75 Å². The number of alkyl carbamates (subject to hydrolysis) is 1. The topological polar surface area (TPSA) is 117 Å². The van der Waals surface area contributed by atoms with Gasteiger partial charge in [-0.15, -0.1) is 0 Å². The van der Waals surface area contributed by atoms with Crippen LogP contribution in [0.5, 0.6) is 5.75 Å². The van der Waals surface area contributed by atoms with Crippen molar-refractivity contribution in [1.29, 1.82) is 0 Å². The van der Waals surface area contributed by atoms with Gasteiger partial charge in [-0.3, -0.25) is 9.59 Å². The van der Waals surface area contributed by atoms with Crippen LogP contribution in [0, 0.1) is 6.92 Å². The highest BCUT2D eigenvalue weighted by Gasteiger charge is 2.21. The lowest BCUT2D eigenvalue weighted by molar-refractivity contribution is -0.140. The second-order valence-corrected chi connectivity index (χ2v) is 8.70. The Morgan fingerprint density at radius 2 is 1.87 bits per heavy atom. The Balaban J connectivity index is 2.84. The number of carbonyl (C=O) groups is 3. The highest BCUT2D eigenvalue weighted by molar-refractivity contribution is 6.32. The summed E-state index contributed by atoms with van der Waals surface area (Å²) in [4.78, 5) is 34.6. The van der Waals surface area contributed by atoms with Gasteiger partial charge in [0.15, 0.2) is 0 Å². The smallest absolute Gasteiger partial charge is 0.407 e. The van der Waals surface area contributed by atoms with E-state index in [2.05, 4.69) is 10.1 Å². The zero-order chi connectivity index (χ0) is 23.6. The summed E-state index contributed by atoms with van der Waals surface area (Å²) in [7, 11) is 1.36. The highest BCUT2D eigenvalue weighted by Crippen LogP contribution is 2.31. The predicted molar refractivity (Wildman–Crippen MR) is 118 cm³/mol. The Morgan fingerprint density at radius 3 is 2.45 bits per heavy atom. The second-order valence-electron chi connectivity index (χ2n) is 8.32. The van der Waals surface area contributed by atoms with E-state index in [0.29, 0.717) is 36.5 Å². The summed E-state index contributed by atoms with van der Waals surface area (Å²) in [6.07, 6.45) is 1.26. The normalized spacial score (nSPS) is 12.1. The molecule has 1 aromatic rings. The van der Waals surface area contributed by atoms with Crippen molar-refractivity contribution >= 4 is 29.6 Å². The van der Waals surface area contributed by atoms with Gasteiger partial charge in [0.25, 0.3) is 0 Å². The lowest BCUT2D eigenvalue weighted by Crippen LogP contribution is -2.42. The Hall–Kier alpha value is -2.48. The maximum Gasteiger partial charge on any atom is 0.407 e. The van der Waals surface area contributed by atoms with E-state index in [9.17, 15) is 14.4 Å². The van der Waals surface area contributed by atoms with Gasteiger partial charge in [-0.2, -0.15) is 0 Å². The molecule has 0 aliphatic heterocycles. The fourth-order valence-corrected chi connectivity index (χ4v) is 3.06. The molecule has 2 amide bonds. The SMILES string of the molecule is COC(=O)CCCc1cc(C)cc(OCC(CCC(N)=O)NC(=O)OC(C)(C)C)c1Cl. The third-order valence-corrected chi connectivity index (χ3v) is 4.64. The van der Waals surface area contributed by atoms with Crippen LogP contribution in [-0.4, -0.2) is 43.3 Å². The standard InChI is InChI=1S/C22H33ClN2O6/c1-14-11-15(7-6-8-19(27)29-5)20(23)17(12-14)30-13-16(9-10-18(24)26)25-21(28)31-22(2,3)4/h11-12,16H,6-10,13H2,1-5H3,(H2,24,26)(H,25,28). The molecule has 1 unspecified atom stereocenters. The number of methoxy groups -OCH3 is 1. The van der Waals surface area contributed by atoms with E-state index in [1.807, 2.05) is 13.0 Å². The highest BCUT2D eigenvalue weighted by atomic mass is 35.5. The number of primary amides is 1. The summed E-state index contributed by atoms with van der Waals surface area (Å²) >= 11 is 6.51. The maximum atomic E-state index is 12.1. The molecule has 0 aliphatic rings. The van der Waals surface area contributed by atoms with Crippen LogP contribution < -0.4 is 15.8 Å². The zero-order valence-corrected chi connectivity index (χ0v) is 19.6. The lowest BCUT2D eigenvalue weighted by Gasteiger charge is -2.24. The van der Waals surface area contributed by atoms with E-state index in [-0.39, 0.29) is 19.0 Å². The van der Waals surface area contributed by atoms with Crippen LogP contribution >= 0.6 is 11.6 Å². The minimum Gasteiger partial charge on any atom is -0.490 e. The third kappa shape index (κ3) is 10.9. The average Bonchev–Trinajstić information content (AvgIpc) is 2.65. The van der Waals surface area contributed by atoms with Crippen molar-refractivity contribution in [1.82, 2.24) is 5.32 Å². The molecule has 1 aromatic carbocycles.